The summed E-state index contributed by atoms with van der Waals surface area (Å²) in [4.78, 5) is 0. The molecule has 2 unspecified atom stereocenters. The van der Waals surface area contributed by atoms with Crippen LogP contribution in [-0.4, -0.2) is 24.4 Å². The van der Waals surface area contributed by atoms with Gasteiger partial charge >= 0.3 is 0 Å². The first kappa shape index (κ1) is 15.0. The van der Waals surface area contributed by atoms with Crippen LogP contribution in [0.4, 0.5) is 0 Å². The van der Waals surface area contributed by atoms with Crippen LogP contribution < -0.4 is 10.1 Å². The van der Waals surface area contributed by atoms with Crippen molar-refractivity contribution in [2.75, 3.05) is 13.2 Å². The fourth-order valence-corrected chi connectivity index (χ4v) is 1.95. The summed E-state index contributed by atoms with van der Waals surface area (Å²) in [6.07, 6.45) is 1.61. The summed E-state index contributed by atoms with van der Waals surface area (Å²) in [7, 11) is 0. The van der Waals surface area contributed by atoms with E-state index >= 15 is 0 Å². The Morgan fingerprint density at radius 3 is 2.67 bits per heavy atom. The van der Waals surface area contributed by atoms with Crippen molar-refractivity contribution in [1.29, 1.82) is 0 Å². The van der Waals surface area contributed by atoms with Crippen molar-refractivity contribution in [3.63, 3.8) is 0 Å². The zero-order chi connectivity index (χ0) is 13.4. The molecule has 18 heavy (non-hydrogen) atoms. The summed E-state index contributed by atoms with van der Waals surface area (Å²) < 4.78 is 5.62. The van der Waals surface area contributed by atoms with Crippen molar-refractivity contribution >= 4 is 0 Å². The van der Waals surface area contributed by atoms with Crippen molar-refractivity contribution in [2.24, 2.45) is 0 Å². The number of nitrogens with one attached hydrogen (secondary N) is 1. The molecule has 0 amide bonds. The highest BCUT2D eigenvalue weighted by Gasteiger charge is 2.10. The maximum Gasteiger partial charge on any atom is 0.124 e. The lowest BCUT2D eigenvalue weighted by Crippen LogP contribution is -2.21. The minimum atomic E-state index is -0.210. The third-order valence-corrected chi connectivity index (χ3v) is 2.93. The lowest BCUT2D eigenvalue weighted by Gasteiger charge is -2.18. The fraction of sp³-hybridized carbons (Fsp3) is 0.600. The fourth-order valence-electron chi connectivity index (χ4n) is 1.95. The van der Waals surface area contributed by atoms with Crippen LogP contribution in [0.2, 0.25) is 0 Å². The van der Waals surface area contributed by atoms with E-state index < -0.39 is 0 Å². The number of benzene rings is 1. The van der Waals surface area contributed by atoms with E-state index in [0.29, 0.717) is 6.61 Å². The standard InChI is InChI=1S/C15H25NO2/c1-4-18-15-10-6-5-9-14(15)13(3)16-11-7-8-12(2)17/h5-6,9-10,12-13,16-17H,4,7-8,11H2,1-3H3. The van der Waals surface area contributed by atoms with Crippen LogP contribution in [0.25, 0.3) is 0 Å². The van der Waals surface area contributed by atoms with E-state index in [1.54, 1.807) is 0 Å². The van der Waals surface area contributed by atoms with E-state index in [1.165, 1.54) is 5.56 Å². The number of rotatable bonds is 8. The first-order valence-corrected chi connectivity index (χ1v) is 6.78. The quantitative estimate of drug-likeness (QED) is 0.698. The van der Waals surface area contributed by atoms with E-state index in [2.05, 4.69) is 18.3 Å². The van der Waals surface area contributed by atoms with Crippen LogP contribution in [0.15, 0.2) is 24.3 Å². The summed E-state index contributed by atoms with van der Waals surface area (Å²) in [5.41, 5.74) is 1.19. The Balaban J connectivity index is 2.47. The van der Waals surface area contributed by atoms with E-state index in [9.17, 15) is 5.11 Å². The van der Waals surface area contributed by atoms with Crippen molar-refractivity contribution < 1.29 is 9.84 Å². The van der Waals surface area contributed by atoms with Gasteiger partial charge in [-0.3, -0.25) is 0 Å². The molecule has 2 atom stereocenters. The molecule has 0 bridgehead atoms. The second kappa shape index (κ2) is 8.11. The van der Waals surface area contributed by atoms with Crippen LogP contribution in [-0.2, 0) is 0 Å². The van der Waals surface area contributed by atoms with Crippen molar-refractivity contribution in [2.45, 2.75) is 45.8 Å². The first-order valence-electron chi connectivity index (χ1n) is 6.78. The van der Waals surface area contributed by atoms with Gasteiger partial charge in [0.05, 0.1) is 12.7 Å². The van der Waals surface area contributed by atoms with E-state index in [-0.39, 0.29) is 12.1 Å². The Kier molecular flexibility index (Phi) is 6.76. The highest BCUT2D eigenvalue weighted by molar-refractivity contribution is 5.35. The summed E-state index contributed by atoms with van der Waals surface area (Å²) in [6.45, 7) is 7.56. The van der Waals surface area contributed by atoms with Crippen LogP contribution in [0.1, 0.15) is 45.2 Å². The predicted molar refractivity (Wildman–Crippen MR) is 74.9 cm³/mol. The largest absolute Gasteiger partial charge is 0.494 e. The predicted octanol–water partition coefficient (Wildman–Crippen LogP) is 2.90. The third kappa shape index (κ3) is 5.07. The Labute approximate surface area is 110 Å². The van der Waals surface area contributed by atoms with Gasteiger partial charge in [-0.15, -0.1) is 0 Å². The van der Waals surface area contributed by atoms with Crippen LogP contribution in [0, 0.1) is 0 Å². The highest BCUT2D eigenvalue weighted by Crippen LogP contribution is 2.24. The number of aliphatic hydroxyl groups excluding tert-OH is 1. The SMILES string of the molecule is CCOc1ccccc1C(C)NCCCC(C)O. The van der Waals surface area contributed by atoms with Crippen LogP contribution in [0.3, 0.4) is 0 Å². The molecule has 0 aliphatic heterocycles. The molecule has 1 aromatic rings. The molecule has 0 spiro atoms. The number of para-hydroxylation sites is 1. The van der Waals surface area contributed by atoms with E-state index in [4.69, 9.17) is 4.74 Å². The number of hydrogen-bond acceptors (Lipinski definition) is 3. The molecule has 0 aromatic heterocycles. The minimum Gasteiger partial charge on any atom is -0.494 e. The number of aliphatic hydroxyl groups is 1. The second-order valence-corrected chi connectivity index (χ2v) is 4.64. The van der Waals surface area contributed by atoms with Gasteiger partial charge in [-0.05, 0) is 46.2 Å². The van der Waals surface area contributed by atoms with Gasteiger partial charge in [0.15, 0.2) is 0 Å². The van der Waals surface area contributed by atoms with Crippen molar-refractivity contribution in [3.8, 4) is 5.75 Å². The van der Waals surface area contributed by atoms with Gasteiger partial charge in [-0.1, -0.05) is 18.2 Å². The minimum absolute atomic E-state index is 0.210. The molecule has 0 fully saturated rings. The Bertz CT molecular complexity index is 339. The monoisotopic (exact) mass is 251 g/mol. The van der Waals surface area contributed by atoms with E-state index in [1.807, 2.05) is 32.0 Å². The molecule has 0 saturated heterocycles. The lowest BCUT2D eigenvalue weighted by molar-refractivity contribution is 0.181. The van der Waals surface area contributed by atoms with Crippen LogP contribution >= 0.6 is 0 Å². The molecule has 0 aliphatic carbocycles. The topological polar surface area (TPSA) is 41.5 Å². The average molecular weight is 251 g/mol. The molecular weight excluding hydrogens is 226 g/mol. The summed E-state index contributed by atoms with van der Waals surface area (Å²) >= 11 is 0. The summed E-state index contributed by atoms with van der Waals surface area (Å²) in [5, 5.41) is 12.7. The van der Waals surface area contributed by atoms with Gasteiger partial charge in [0.1, 0.15) is 5.75 Å². The van der Waals surface area contributed by atoms with Gasteiger partial charge in [-0.2, -0.15) is 0 Å². The van der Waals surface area contributed by atoms with Gasteiger partial charge in [0, 0.05) is 11.6 Å². The maximum absolute atomic E-state index is 9.20. The lowest BCUT2D eigenvalue weighted by atomic mass is 10.1. The summed E-state index contributed by atoms with van der Waals surface area (Å²) in [5.74, 6) is 0.954. The second-order valence-electron chi connectivity index (χ2n) is 4.64. The third-order valence-electron chi connectivity index (χ3n) is 2.93. The normalized spacial score (nSPS) is 14.2. The summed E-state index contributed by atoms with van der Waals surface area (Å²) in [6, 6.07) is 8.40. The number of ether oxygens (including phenoxy) is 1. The number of hydrogen-bond donors (Lipinski definition) is 2. The molecule has 3 heteroatoms. The Morgan fingerprint density at radius 2 is 2.00 bits per heavy atom. The smallest absolute Gasteiger partial charge is 0.124 e. The zero-order valence-corrected chi connectivity index (χ0v) is 11.6. The van der Waals surface area contributed by atoms with Gasteiger partial charge in [0.2, 0.25) is 0 Å². The first-order chi connectivity index (χ1) is 8.65. The molecular formula is C15H25NO2. The molecule has 0 aliphatic rings. The van der Waals surface area contributed by atoms with Gasteiger partial charge in [0.25, 0.3) is 0 Å². The molecule has 0 heterocycles. The van der Waals surface area contributed by atoms with E-state index in [0.717, 1.165) is 25.1 Å². The molecule has 2 N–H and O–H groups in total. The Morgan fingerprint density at radius 1 is 1.28 bits per heavy atom. The molecule has 102 valence electrons. The zero-order valence-electron chi connectivity index (χ0n) is 11.6. The maximum atomic E-state index is 9.20. The van der Waals surface area contributed by atoms with Crippen molar-refractivity contribution in [1.82, 2.24) is 5.32 Å². The average Bonchev–Trinajstić information content (AvgIpc) is 2.35. The van der Waals surface area contributed by atoms with Crippen LogP contribution in [0.5, 0.6) is 5.75 Å². The van der Waals surface area contributed by atoms with Crippen molar-refractivity contribution in [3.05, 3.63) is 29.8 Å². The van der Waals surface area contributed by atoms with Gasteiger partial charge in [-0.25, -0.2) is 0 Å². The molecule has 1 rings (SSSR count). The molecule has 3 nitrogen and oxygen atoms in total. The Hall–Kier alpha value is -1.06. The molecule has 0 radical (unpaired) electrons. The molecule has 0 saturated carbocycles. The van der Waals surface area contributed by atoms with Gasteiger partial charge < -0.3 is 15.2 Å². The highest BCUT2D eigenvalue weighted by atomic mass is 16.5. The molecule has 1 aromatic carbocycles.